The van der Waals surface area contributed by atoms with Crippen molar-refractivity contribution < 1.29 is 9.18 Å². The van der Waals surface area contributed by atoms with Gasteiger partial charge in [0.05, 0.1) is 12.1 Å². The Morgan fingerprint density at radius 3 is 2.90 bits per heavy atom. The van der Waals surface area contributed by atoms with Gasteiger partial charge in [0.15, 0.2) is 11.6 Å². The number of aromatic nitrogens is 2. The van der Waals surface area contributed by atoms with E-state index in [4.69, 9.17) is 0 Å². The summed E-state index contributed by atoms with van der Waals surface area (Å²) in [6.07, 6.45) is 4.01. The number of carbonyl (C=O) groups excluding carboxylic acids is 1. The van der Waals surface area contributed by atoms with Crippen LogP contribution in [-0.2, 0) is 6.54 Å². The van der Waals surface area contributed by atoms with Gasteiger partial charge in [-0.3, -0.25) is 4.79 Å². The number of rotatable bonds is 6. The summed E-state index contributed by atoms with van der Waals surface area (Å²) in [5.74, 6) is -0.990. The summed E-state index contributed by atoms with van der Waals surface area (Å²) in [4.78, 5) is 21.2. The summed E-state index contributed by atoms with van der Waals surface area (Å²) < 4.78 is 14.2. The van der Waals surface area contributed by atoms with E-state index >= 15 is 0 Å². The van der Waals surface area contributed by atoms with Gasteiger partial charge in [-0.2, -0.15) is 0 Å². The number of halogens is 1. The highest BCUT2D eigenvalue weighted by atomic mass is 32.1. The van der Waals surface area contributed by atoms with Crippen molar-refractivity contribution in [2.75, 3.05) is 11.9 Å². The van der Waals surface area contributed by atoms with Gasteiger partial charge < -0.3 is 10.6 Å². The van der Waals surface area contributed by atoms with Gasteiger partial charge in [-0.25, -0.2) is 14.4 Å². The molecule has 112 valence electrons. The number of amides is 1. The maximum Gasteiger partial charge on any atom is 0.254 e. The van der Waals surface area contributed by atoms with Crippen molar-refractivity contribution in [3.8, 4) is 0 Å². The second kappa shape index (κ2) is 7.12. The fraction of sp³-hybridized carbons (Fsp3) is 0.357. The number of hydrogen-bond donors (Lipinski definition) is 2. The van der Waals surface area contributed by atoms with Crippen molar-refractivity contribution in [3.63, 3.8) is 0 Å². The van der Waals surface area contributed by atoms with Crippen LogP contribution in [0.1, 0.15) is 33.6 Å². The summed E-state index contributed by atoms with van der Waals surface area (Å²) in [5, 5.41) is 6.32. The van der Waals surface area contributed by atoms with Crippen LogP contribution in [0.5, 0.6) is 0 Å². The van der Waals surface area contributed by atoms with Crippen LogP contribution in [0, 0.1) is 12.7 Å². The lowest BCUT2D eigenvalue weighted by Gasteiger charge is -2.09. The predicted molar refractivity (Wildman–Crippen MR) is 81.0 cm³/mol. The van der Waals surface area contributed by atoms with Gasteiger partial charge in [0.2, 0.25) is 0 Å². The van der Waals surface area contributed by atoms with E-state index in [1.165, 1.54) is 23.6 Å². The summed E-state index contributed by atoms with van der Waals surface area (Å²) in [6.45, 7) is 4.80. The number of thiazole rings is 1. The molecule has 0 aliphatic rings. The second-order valence-corrected chi connectivity index (χ2v) is 5.81. The molecule has 0 radical (unpaired) electrons. The zero-order valence-corrected chi connectivity index (χ0v) is 12.8. The summed E-state index contributed by atoms with van der Waals surface area (Å²) in [5.41, 5.74) is -0.0168. The molecule has 21 heavy (non-hydrogen) atoms. The van der Waals surface area contributed by atoms with E-state index in [2.05, 4.69) is 20.6 Å². The number of nitrogens with one attached hydrogen (secondary N) is 2. The monoisotopic (exact) mass is 308 g/mol. The summed E-state index contributed by atoms with van der Waals surface area (Å²) >= 11 is 1.50. The first-order valence-electron chi connectivity index (χ1n) is 6.69. The van der Waals surface area contributed by atoms with Gasteiger partial charge in [0, 0.05) is 23.8 Å². The van der Waals surface area contributed by atoms with Crippen LogP contribution in [0.4, 0.5) is 10.2 Å². The van der Waals surface area contributed by atoms with E-state index in [9.17, 15) is 9.18 Å². The Kier molecular flexibility index (Phi) is 5.21. The van der Waals surface area contributed by atoms with Crippen LogP contribution >= 0.6 is 11.3 Å². The molecule has 5 nitrogen and oxygen atoms in total. The highest BCUT2D eigenvalue weighted by Crippen LogP contribution is 2.16. The average molecular weight is 308 g/mol. The van der Waals surface area contributed by atoms with Gasteiger partial charge in [-0.1, -0.05) is 6.92 Å². The van der Waals surface area contributed by atoms with Gasteiger partial charge in [0.25, 0.3) is 5.91 Å². The molecule has 0 aliphatic carbocycles. The van der Waals surface area contributed by atoms with E-state index in [0.717, 1.165) is 16.3 Å². The molecule has 0 saturated carbocycles. The van der Waals surface area contributed by atoms with Crippen molar-refractivity contribution in [1.29, 1.82) is 0 Å². The van der Waals surface area contributed by atoms with Gasteiger partial charge in [0.1, 0.15) is 5.01 Å². The molecule has 0 aliphatic heterocycles. The molecule has 7 heteroatoms. The molecule has 0 aromatic carbocycles. The molecule has 2 aromatic heterocycles. The predicted octanol–water partition coefficient (Wildman–Crippen LogP) is 2.74. The molecule has 0 saturated heterocycles. The molecule has 0 atom stereocenters. The first-order chi connectivity index (χ1) is 10.1. The largest absolute Gasteiger partial charge is 0.368 e. The Hall–Kier alpha value is -2.02. The normalized spacial score (nSPS) is 10.4. The molecule has 0 fully saturated rings. The summed E-state index contributed by atoms with van der Waals surface area (Å²) in [7, 11) is 0. The number of pyridine rings is 1. The third-order valence-corrected chi connectivity index (χ3v) is 3.66. The number of nitrogens with zero attached hydrogens (tertiary/aromatic N) is 2. The fourth-order valence-electron chi connectivity index (χ4n) is 1.72. The number of aryl methyl sites for hydroxylation is 1. The van der Waals surface area contributed by atoms with E-state index < -0.39 is 11.7 Å². The smallest absolute Gasteiger partial charge is 0.254 e. The van der Waals surface area contributed by atoms with Crippen LogP contribution in [0.2, 0.25) is 0 Å². The van der Waals surface area contributed by atoms with Crippen LogP contribution in [0.15, 0.2) is 18.5 Å². The quantitative estimate of drug-likeness (QED) is 0.861. The van der Waals surface area contributed by atoms with Crippen LogP contribution < -0.4 is 10.6 Å². The lowest BCUT2D eigenvalue weighted by Crippen LogP contribution is -2.24. The van der Waals surface area contributed by atoms with Crippen molar-refractivity contribution in [2.45, 2.75) is 26.8 Å². The third kappa shape index (κ3) is 3.98. The molecule has 2 heterocycles. The van der Waals surface area contributed by atoms with Crippen molar-refractivity contribution >= 4 is 23.1 Å². The van der Waals surface area contributed by atoms with Crippen LogP contribution in [0.3, 0.4) is 0 Å². The van der Waals surface area contributed by atoms with E-state index in [1.54, 1.807) is 6.20 Å². The zero-order valence-electron chi connectivity index (χ0n) is 11.9. The Balaban J connectivity index is 2.04. The number of hydrogen-bond acceptors (Lipinski definition) is 5. The SMILES string of the molecule is CCCNc1nccc(C(=O)NCc2ncc(C)s2)c1F. The molecular weight excluding hydrogens is 291 g/mol. The van der Waals surface area contributed by atoms with Crippen molar-refractivity contribution in [3.05, 3.63) is 39.7 Å². The number of anilines is 1. The molecule has 2 rings (SSSR count). The highest BCUT2D eigenvalue weighted by molar-refractivity contribution is 7.11. The Bertz CT molecular complexity index is 629. The molecule has 2 aromatic rings. The minimum atomic E-state index is -0.626. The second-order valence-electron chi connectivity index (χ2n) is 4.50. The van der Waals surface area contributed by atoms with Crippen molar-refractivity contribution in [1.82, 2.24) is 15.3 Å². The minimum Gasteiger partial charge on any atom is -0.368 e. The molecule has 1 amide bonds. The van der Waals surface area contributed by atoms with Crippen LogP contribution in [-0.4, -0.2) is 22.4 Å². The van der Waals surface area contributed by atoms with Gasteiger partial charge in [-0.05, 0) is 19.4 Å². The molecule has 2 N–H and O–H groups in total. The fourth-order valence-corrected chi connectivity index (χ4v) is 2.45. The molecule has 0 bridgehead atoms. The molecular formula is C14H17FN4OS. The third-order valence-electron chi connectivity index (χ3n) is 2.75. The Morgan fingerprint density at radius 1 is 1.43 bits per heavy atom. The van der Waals surface area contributed by atoms with E-state index in [0.29, 0.717) is 6.54 Å². The summed E-state index contributed by atoms with van der Waals surface area (Å²) in [6, 6.07) is 1.37. The van der Waals surface area contributed by atoms with Crippen LogP contribution in [0.25, 0.3) is 0 Å². The van der Waals surface area contributed by atoms with Crippen molar-refractivity contribution in [2.24, 2.45) is 0 Å². The van der Waals surface area contributed by atoms with Gasteiger partial charge >= 0.3 is 0 Å². The molecule has 0 spiro atoms. The standard InChI is InChI=1S/C14H17FN4OS/c1-3-5-16-13-12(15)10(4-6-17-13)14(20)19-8-11-18-7-9(2)21-11/h4,6-7H,3,5,8H2,1-2H3,(H,16,17)(H,19,20). The topological polar surface area (TPSA) is 66.9 Å². The lowest BCUT2D eigenvalue weighted by molar-refractivity contribution is 0.0947. The highest BCUT2D eigenvalue weighted by Gasteiger charge is 2.16. The Morgan fingerprint density at radius 2 is 2.24 bits per heavy atom. The average Bonchev–Trinajstić information content (AvgIpc) is 2.89. The maximum absolute atomic E-state index is 14.2. The number of carbonyl (C=O) groups is 1. The lowest BCUT2D eigenvalue weighted by atomic mass is 10.2. The van der Waals surface area contributed by atoms with Gasteiger partial charge in [-0.15, -0.1) is 11.3 Å². The maximum atomic E-state index is 14.2. The molecule has 0 unspecified atom stereocenters. The Labute approximate surface area is 126 Å². The first-order valence-corrected chi connectivity index (χ1v) is 7.51. The van der Waals surface area contributed by atoms with E-state index in [1.807, 2.05) is 13.8 Å². The first kappa shape index (κ1) is 15.4. The van der Waals surface area contributed by atoms with E-state index in [-0.39, 0.29) is 17.9 Å². The zero-order chi connectivity index (χ0) is 15.2. The minimum absolute atomic E-state index is 0.0168.